The van der Waals surface area contributed by atoms with Crippen molar-refractivity contribution < 1.29 is 14.3 Å². The molecule has 0 saturated heterocycles. The first-order valence-corrected chi connectivity index (χ1v) is 6.39. The minimum absolute atomic E-state index is 0.228. The molecule has 19 heavy (non-hydrogen) atoms. The van der Waals surface area contributed by atoms with E-state index in [4.69, 9.17) is 9.47 Å². The molecule has 1 unspecified atom stereocenters. The molecule has 0 fully saturated rings. The van der Waals surface area contributed by atoms with Gasteiger partial charge in [-0.05, 0) is 19.4 Å². The van der Waals surface area contributed by atoms with Gasteiger partial charge in [-0.1, -0.05) is 30.3 Å². The fourth-order valence-electron chi connectivity index (χ4n) is 1.75. The van der Waals surface area contributed by atoms with Crippen molar-refractivity contribution in [2.24, 2.45) is 0 Å². The summed E-state index contributed by atoms with van der Waals surface area (Å²) in [7, 11) is 3.09. The quantitative estimate of drug-likeness (QED) is 0.766. The zero-order chi connectivity index (χ0) is 14.3. The van der Waals surface area contributed by atoms with E-state index < -0.39 is 0 Å². The first kappa shape index (κ1) is 15.7. The van der Waals surface area contributed by atoms with Crippen molar-refractivity contribution in [1.82, 2.24) is 5.32 Å². The number of carbonyl (C=O) groups excluding carboxylic acids is 1. The maximum Gasteiger partial charge on any atom is 0.314 e. The second kappa shape index (κ2) is 7.26. The van der Waals surface area contributed by atoms with Crippen LogP contribution < -0.4 is 5.32 Å². The third-order valence-corrected chi connectivity index (χ3v) is 3.14. The third-order valence-electron chi connectivity index (χ3n) is 3.14. The van der Waals surface area contributed by atoms with Crippen molar-refractivity contribution in [2.75, 3.05) is 27.3 Å². The summed E-state index contributed by atoms with van der Waals surface area (Å²) in [6.45, 7) is 5.19. The molecule has 1 atom stereocenters. The van der Waals surface area contributed by atoms with Gasteiger partial charge in [-0.15, -0.1) is 0 Å². The minimum Gasteiger partial charge on any atom is -0.469 e. The first-order chi connectivity index (χ1) is 9.00. The molecule has 4 heteroatoms. The van der Waals surface area contributed by atoms with E-state index in [1.165, 1.54) is 7.11 Å². The number of nitrogens with one attached hydrogen (secondary N) is 1. The predicted octanol–water partition coefficient (Wildman–Crippen LogP) is 1.96. The lowest BCUT2D eigenvalue weighted by atomic mass is 9.99. The molecule has 1 aromatic rings. The number of benzene rings is 1. The lowest BCUT2D eigenvalue weighted by Gasteiger charge is -2.24. The number of hydrogen-bond acceptors (Lipinski definition) is 4. The molecule has 0 saturated carbocycles. The molecule has 0 bridgehead atoms. The van der Waals surface area contributed by atoms with Crippen LogP contribution in [0.4, 0.5) is 0 Å². The predicted molar refractivity (Wildman–Crippen MR) is 75.2 cm³/mol. The van der Waals surface area contributed by atoms with Gasteiger partial charge in [-0.3, -0.25) is 4.79 Å². The molecule has 0 heterocycles. The summed E-state index contributed by atoms with van der Waals surface area (Å²) in [5.41, 5.74) is 0.703. The number of carbonyl (C=O) groups is 1. The number of methoxy groups -OCH3 is 2. The van der Waals surface area contributed by atoms with Crippen LogP contribution in [0.1, 0.15) is 25.3 Å². The minimum atomic E-state index is -0.293. The van der Waals surface area contributed by atoms with Crippen LogP contribution in [0, 0.1) is 0 Å². The van der Waals surface area contributed by atoms with Crippen LogP contribution in [0.3, 0.4) is 0 Å². The van der Waals surface area contributed by atoms with E-state index in [1.54, 1.807) is 7.11 Å². The number of hydrogen-bond donors (Lipinski definition) is 1. The second-order valence-corrected chi connectivity index (χ2v) is 5.08. The van der Waals surface area contributed by atoms with Gasteiger partial charge in [0.15, 0.2) is 0 Å². The van der Waals surface area contributed by atoms with Gasteiger partial charge < -0.3 is 14.8 Å². The van der Waals surface area contributed by atoms with Gasteiger partial charge in [0.1, 0.15) is 0 Å². The molecular formula is C15H23NO3. The normalized spacial score (nSPS) is 13.1. The maximum atomic E-state index is 11.8. The lowest BCUT2D eigenvalue weighted by Crippen LogP contribution is -2.39. The summed E-state index contributed by atoms with van der Waals surface area (Å²) in [5, 5.41) is 3.26. The monoisotopic (exact) mass is 265 g/mol. The number of esters is 1. The summed E-state index contributed by atoms with van der Waals surface area (Å²) in [4.78, 5) is 11.8. The summed E-state index contributed by atoms with van der Waals surface area (Å²) in [6.07, 6.45) is 0. The van der Waals surface area contributed by atoms with Crippen LogP contribution in [0.2, 0.25) is 0 Å². The van der Waals surface area contributed by atoms with E-state index in [0.29, 0.717) is 13.1 Å². The molecule has 0 aliphatic rings. The number of rotatable bonds is 7. The topological polar surface area (TPSA) is 47.6 Å². The highest BCUT2D eigenvalue weighted by Crippen LogP contribution is 2.16. The Bertz CT molecular complexity index is 390. The molecule has 0 aliphatic carbocycles. The zero-order valence-corrected chi connectivity index (χ0v) is 12.1. The Labute approximate surface area is 115 Å². The Kier molecular flexibility index (Phi) is 5.99. The molecule has 0 aromatic heterocycles. The smallest absolute Gasteiger partial charge is 0.314 e. The first-order valence-electron chi connectivity index (χ1n) is 6.39. The van der Waals surface area contributed by atoms with Crippen LogP contribution in [0.25, 0.3) is 0 Å². The van der Waals surface area contributed by atoms with Crippen LogP contribution >= 0.6 is 0 Å². The van der Waals surface area contributed by atoms with Gasteiger partial charge in [-0.2, -0.15) is 0 Å². The molecule has 0 spiro atoms. The van der Waals surface area contributed by atoms with Gasteiger partial charge in [0.25, 0.3) is 0 Å². The Morgan fingerprint density at radius 3 is 2.42 bits per heavy atom. The Morgan fingerprint density at radius 2 is 1.89 bits per heavy atom. The van der Waals surface area contributed by atoms with Crippen LogP contribution in [-0.4, -0.2) is 38.9 Å². The second-order valence-electron chi connectivity index (χ2n) is 5.08. The largest absolute Gasteiger partial charge is 0.469 e. The van der Waals surface area contributed by atoms with Gasteiger partial charge in [0.2, 0.25) is 0 Å². The zero-order valence-electron chi connectivity index (χ0n) is 12.1. The highest BCUT2D eigenvalue weighted by molar-refractivity contribution is 5.78. The SMILES string of the molecule is COC(=O)C(CNCC(C)(C)OC)c1ccccc1. The van der Waals surface area contributed by atoms with Crippen molar-refractivity contribution in [1.29, 1.82) is 0 Å². The average Bonchev–Trinajstić information content (AvgIpc) is 2.44. The van der Waals surface area contributed by atoms with E-state index in [1.807, 2.05) is 44.2 Å². The van der Waals surface area contributed by atoms with E-state index >= 15 is 0 Å². The standard InChI is InChI=1S/C15H23NO3/c1-15(2,19-4)11-16-10-13(14(17)18-3)12-8-6-5-7-9-12/h5-9,13,16H,10-11H2,1-4H3. The number of ether oxygens (including phenoxy) is 2. The fourth-order valence-corrected chi connectivity index (χ4v) is 1.75. The van der Waals surface area contributed by atoms with Crippen molar-refractivity contribution in [2.45, 2.75) is 25.4 Å². The highest BCUT2D eigenvalue weighted by Gasteiger charge is 2.22. The molecule has 106 valence electrons. The van der Waals surface area contributed by atoms with Crippen molar-refractivity contribution in [3.63, 3.8) is 0 Å². The molecular weight excluding hydrogens is 242 g/mol. The van der Waals surface area contributed by atoms with Gasteiger partial charge >= 0.3 is 5.97 Å². The molecule has 0 radical (unpaired) electrons. The van der Waals surface area contributed by atoms with Gasteiger partial charge in [0.05, 0.1) is 18.6 Å². The fraction of sp³-hybridized carbons (Fsp3) is 0.533. The van der Waals surface area contributed by atoms with Gasteiger partial charge in [0, 0.05) is 20.2 Å². The van der Waals surface area contributed by atoms with E-state index in [0.717, 1.165) is 5.56 Å². The van der Waals surface area contributed by atoms with Crippen molar-refractivity contribution in [3.8, 4) is 0 Å². The molecule has 1 rings (SSSR count). The molecule has 0 aliphatic heterocycles. The van der Waals surface area contributed by atoms with Crippen LogP contribution in [0.5, 0.6) is 0 Å². The highest BCUT2D eigenvalue weighted by atomic mass is 16.5. The maximum absolute atomic E-state index is 11.8. The molecule has 1 N–H and O–H groups in total. The summed E-state index contributed by atoms with van der Waals surface area (Å²) >= 11 is 0. The molecule has 1 aromatic carbocycles. The summed E-state index contributed by atoms with van der Waals surface area (Å²) < 4.78 is 10.2. The summed E-state index contributed by atoms with van der Waals surface area (Å²) in [5.74, 6) is -0.521. The van der Waals surface area contributed by atoms with E-state index in [9.17, 15) is 4.79 Å². The Hall–Kier alpha value is -1.39. The average molecular weight is 265 g/mol. The van der Waals surface area contributed by atoms with Crippen LogP contribution in [0.15, 0.2) is 30.3 Å². The van der Waals surface area contributed by atoms with Gasteiger partial charge in [-0.25, -0.2) is 0 Å². The van der Waals surface area contributed by atoms with E-state index in [2.05, 4.69) is 5.32 Å². The molecule has 4 nitrogen and oxygen atoms in total. The Morgan fingerprint density at radius 1 is 1.26 bits per heavy atom. The third kappa shape index (κ3) is 5.01. The summed E-state index contributed by atoms with van der Waals surface area (Å²) in [6, 6.07) is 9.64. The van der Waals surface area contributed by atoms with Crippen molar-refractivity contribution >= 4 is 5.97 Å². The molecule has 0 amide bonds. The Balaban J connectivity index is 2.65. The van der Waals surface area contributed by atoms with E-state index in [-0.39, 0.29) is 17.5 Å². The lowest BCUT2D eigenvalue weighted by molar-refractivity contribution is -0.142. The van der Waals surface area contributed by atoms with Crippen LogP contribution in [-0.2, 0) is 14.3 Å². The van der Waals surface area contributed by atoms with Crippen molar-refractivity contribution in [3.05, 3.63) is 35.9 Å².